The zero-order valence-electron chi connectivity index (χ0n) is 8.70. The van der Waals surface area contributed by atoms with Crippen molar-refractivity contribution in [3.63, 3.8) is 0 Å². The summed E-state index contributed by atoms with van der Waals surface area (Å²) in [6.45, 7) is 2.64. The fourth-order valence-corrected chi connectivity index (χ4v) is 1.53. The molecule has 0 saturated carbocycles. The standard InChI is InChI=1S/C11H16ClNO2/c1-8(5-6-14)13-7-9-10(12)3-2-4-11(9)15/h2-4,8,13-15H,5-7H2,1H3/t8-/m1/s1. The lowest BCUT2D eigenvalue weighted by Crippen LogP contribution is -2.26. The van der Waals surface area contributed by atoms with Crippen molar-refractivity contribution in [3.05, 3.63) is 28.8 Å². The highest BCUT2D eigenvalue weighted by atomic mass is 35.5. The van der Waals surface area contributed by atoms with Gasteiger partial charge >= 0.3 is 0 Å². The Balaban J connectivity index is 2.57. The minimum atomic E-state index is 0.155. The van der Waals surface area contributed by atoms with Crippen molar-refractivity contribution < 1.29 is 10.2 Å². The zero-order valence-corrected chi connectivity index (χ0v) is 9.46. The Morgan fingerprint density at radius 3 is 2.80 bits per heavy atom. The van der Waals surface area contributed by atoms with Crippen LogP contribution in [0.15, 0.2) is 18.2 Å². The highest BCUT2D eigenvalue weighted by Crippen LogP contribution is 2.24. The second kappa shape index (κ2) is 5.95. The van der Waals surface area contributed by atoms with Gasteiger partial charge in [0.25, 0.3) is 0 Å². The molecule has 0 spiro atoms. The SMILES string of the molecule is C[C@H](CCO)NCc1c(O)cccc1Cl. The maximum atomic E-state index is 9.56. The summed E-state index contributed by atoms with van der Waals surface area (Å²) in [5.74, 6) is 0.200. The van der Waals surface area contributed by atoms with Crippen molar-refractivity contribution in [2.24, 2.45) is 0 Å². The van der Waals surface area contributed by atoms with Crippen molar-refractivity contribution in [1.29, 1.82) is 0 Å². The van der Waals surface area contributed by atoms with Gasteiger partial charge in [0.2, 0.25) is 0 Å². The van der Waals surface area contributed by atoms with Crippen LogP contribution in [-0.4, -0.2) is 22.9 Å². The van der Waals surface area contributed by atoms with E-state index in [4.69, 9.17) is 16.7 Å². The lowest BCUT2D eigenvalue weighted by atomic mass is 10.1. The second-order valence-corrected chi connectivity index (χ2v) is 3.94. The van der Waals surface area contributed by atoms with Gasteiger partial charge in [0, 0.05) is 29.8 Å². The first-order chi connectivity index (χ1) is 7.15. The number of hydrogen-bond acceptors (Lipinski definition) is 3. The number of aliphatic hydroxyl groups is 1. The molecule has 3 nitrogen and oxygen atoms in total. The third kappa shape index (κ3) is 3.70. The summed E-state index contributed by atoms with van der Waals surface area (Å²) in [4.78, 5) is 0. The first-order valence-electron chi connectivity index (χ1n) is 4.95. The molecule has 0 radical (unpaired) electrons. The molecule has 1 rings (SSSR count). The fourth-order valence-electron chi connectivity index (χ4n) is 1.29. The van der Waals surface area contributed by atoms with E-state index in [0.29, 0.717) is 23.6 Å². The van der Waals surface area contributed by atoms with Crippen LogP contribution in [0.2, 0.25) is 5.02 Å². The first kappa shape index (κ1) is 12.3. The Bertz CT molecular complexity index is 297. The molecule has 15 heavy (non-hydrogen) atoms. The highest BCUT2D eigenvalue weighted by Gasteiger charge is 2.07. The number of hydrogen-bond donors (Lipinski definition) is 3. The number of rotatable bonds is 5. The molecule has 0 aliphatic heterocycles. The van der Waals surface area contributed by atoms with E-state index in [2.05, 4.69) is 5.32 Å². The number of phenolic OH excluding ortho intramolecular Hbond substituents is 1. The van der Waals surface area contributed by atoms with E-state index in [0.717, 1.165) is 0 Å². The van der Waals surface area contributed by atoms with Crippen LogP contribution >= 0.6 is 11.6 Å². The van der Waals surface area contributed by atoms with E-state index in [9.17, 15) is 5.11 Å². The van der Waals surface area contributed by atoms with Crippen LogP contribution in [0, 0.1) is 0 Å². The fraction of sp³-hybridized carbons (Fsp3) is 0.455. The molecule has 84 valence electrons. The van der Waals surface area contributed by atoms with Crippen LogP contribution in [0.5, 0.6) is 5.75 Å². The molecule has 4 heteroatoms. The van der Waals surface area contributed by atoms with Gasteiger partial charge in [0.1, 0.15) is 5.75 Å². The number of phenols is 1. The van der Waals surface area contributed by atoms with E-state index in [1.54, 1.807) is 18.2 Å². The number of halogens is 1. The van der Waals surface area contributed by atoms with Crippen LogP contribution in [-0.2, 0) is 6.54 Å². The van der Waals surface area contributed by atoms with Gasteiger partial charge in [0.05, 0.1) is 0 Å². The molecule has 1 atom stereocenters. The molecule has 0 amide bonds. The molecule has 0 heterocycles. The molecule has 0 saturated heterocycles. The molecule has 0 aliphatic rings. The monoisotopic (exact) mass is 229 g/mol. The van der Waals surface area contributed by atoms with Gasteiger partial charge < -0.3 is 15.5 Å². The summed E-state index contributed by atoms with van der Waals surface area (Å²) in [5.41, 5.74) is 0.698. The highest BCUT2D eigenvalue weighted by molar-refractivity contribution is 6.31. The Labute approximate surface area is 94.7 Å². The number of aliphatic hydroxyl groups excluding tert-OH is 1. The Morgan fingerprint density at radius 1 is 1.47 bits per heavy atom. The van der Waals surface area contributed by atoms with Crippen LogP contribution < -0.4 is 5.32 Å². The van der Waals surface area contributed by atoms with Crippen molar-refractivity contribution in [3.8, 4) is 5.75 Å². The smallest absolute Gasteiger partial charge is 0.121 e. The van der Waals surface area contributed by atoms with Crippen LogP contribution in [0.4, 0.5) is 0 Å². The second-order valence-electron chi connectivity index (χ2n) is 3.53. The third-order valence-electron chi connectivity index (χ3n) is 2.28. The molecule has 0 aliphatic carbocycles. The average Bonchev–Trinajstić information content (AvgIpc) is 2.17. The minimum absolute atomic E-state index is 0.155. The van der Waals surface area contributed by atoms with Crippen molar-refractivity contribution >= 4 is 11.6 Å². The van der Waals surface area contributed by atoms with Crippen molar-refractivity contribution in [2.75, 3.05) is 6.61 Å². The molecule has 0 aromatic heterocycles. The van der Waals surface area contributed by atoms with Gasteiger partial charge in [-0.25, -0.2) is 0 Å². The van der Waals surface area contributed by atoms with E-state index in [-0.39, 0.29) is 18.4 Å². The average molecular weight is 230 g/mol. The Morgan fingerprint density at radius 2 is 2.20 bits per heavy atom. The van der Waals surface area contributed by atoms with Crippen molar-refractivity contribution in [2.45, 2.75) is 25.9 Å². The Hall–Kier alpha value is -0.770. The number of aromatic hydroxyl groups is 1. The predicted octanol–water partition coefficient (Wildman–Crippen LogP) is 1.91. The molecular weight excluding hydrogens is 214 g/mol. The van der Waals surface area contributed by atoms with Crippen molar-refractivity contribution in [1.82, 2.24) is 5.32 Å². The lowest BCUT2D eigenvalue weighted by molar-refractivity contribution is 0.268. The normalized spacial score (nSPS) is 12.7. The summed E-state index contributed by atoms with van der Waals surface area (Å²) >= 11 is 5.94. The first-order valence-corrected chi connectivity index (χ1v) is 5.33. The van der Waals surface area contributed by atoms with Gasteiger partial charge in [-0.1, -0.05) is 17.7 Å². The lowest BCUT2D eigenvalue weighted by Gasteiger charge is -2.13. The molecule has 1 aromatic rings. The predicted molar refractivity (Wildman–Crippen MR) is 61.1 cm³/mol. The van der Waals surface area contributed by atoms with Crippen LogP contribution in [0.1, 0.15) is 18.9 Å². The van der Waals surface area contributed by atoms with Gasteiger partial charge in [0.15, 0.2) is 0 Å². The van der Waals surface area contributed by atoms with E-state index in [1.165, 1.54) is 0 Å². The van der Waals surface area contributed by atoms with Crippen LogP contribution in [0.25, 0.3) is 0 Å². The third-order valence-corrected chi connectivity index (χ3v) is 2.64. The van der Waals surface area contributed by atoms with Gasteiger partial charge in [-0.05, 0) is 25.5 Å². The van der Waals surface area contributed by atoms with Gasteiger partial charge in [-0.15, -0.1) is 0 Å². The molecular formula is C11H16ClNO2. The van der Waals surface area contributed by atoms with Gasteiger partial charge in [-0.3, -0.25) is 0 Å². The molecule has 0 unspecified atom stereocenters. The molecule has 1 aromatic carbocycles. The Kier molecular flexibility index (Phi) is 4.88. The minimum Gasteiger partial charge on any atom is -0.508 e. The molecule has 0 bridgehead atoms. The summed E-state index contributed by atoms with van der Waals surface area (Å²) in [5, 5.41) is 22.0. The largest absolute Gasteiger partial charge is 0.508 e. The van der Waals surface area contributed by atoms with Gasteiger partial charge in [-0.2, -0.15) is 0 Å². The topological polar surface area (TPSA) is 52.5 Å². The summed E-state index contributed by atoms with van der Waals surface area (Å²) < 4.78 is 0. The van der Waals surface area contributed by atoms with E-state index < -0.39 is 0 Å². The number of nitrogens with one attached hydrogen (secondary N) is 1. The summed E-state index contributed by atoms with van der Waals surface area (Å²) in [6.07, 6.45) is 0.686. The number of benzene rings is 1. The van der Waals surface area contributed by atoms with E-state index in [1.807, 2.05) is 6.92 Å². The molecule has 0 fully saturated rings. The summed E-state index contributed by atoms with van der Waals surface area (Å²) in [6, 6.07) is 5.26. The van der Waals surface area contributed by atoms with Crippen LogP contribution in [0.3, 0.4) is 0 Å². The maximum absolute atomic E-state index is 9.56. The quantitative estimate of drug-likeness (QED) is 0.723. The molecule has 3 N–H and O–H groups in total. The summed E-state index contributed by atoms with van der Waals surface area (Å²) in [7, 11) is 0. The maximum Gasteiger partial charge on any atom is 0.121 e. The zero-order chi connectivity index (χ0) is 11.3. The van der Waals surface area contributed by atoms with E-state index >= 15 is 0 Å².